The van der Waals surface area contributed by atoms with Crippen LogP contribution in [0.5, 0.6) is 0 Å². The number of para-hydroxylation sites is 1. The number of rotatable bonds is 2. The Balaban J connectivity index is 1.60. The summed E-state index contributed by atoms with van der Waals surface area (Å²) >= 11 is 0. The predicted octanol–water partition coefficient (Wildman–Crippen LogP) is 2.19. The van der Waals surface area contributed by atoms with Crippen molar-refractivity contribution in [2.75, 3.05) is 37.6 Å². The normalized spacial score (nSPS) is 25.6. The van der Waals surface area contributed by atoms with Gasteiger partial charge in [0.2, 0.25) is 5.91 Å². The van der Waals surface area contributed by atoms with Crippen LogP contribution in [0.1, 0.15) is 25.8 Å². The number of carbonyl (C=O) groups excluding carboxylic acids is 2. The Morgan fingerprint density at radius 1 is 1.20 bits per heavy atom. The van der Waals surface area contributed by atoms with Crippen molar-refractivity contribution >= 4 is 23.5 Å². The summed E-state index contributed by atoms with van der Waals surface area (Å²) in [4.78, 5) is 35.5. The molecule has 0 aromatic heterocycles. The fourth-order valence-electron chi connectivity index (χ4n) is 4.27. The molecule has 0 bridgehead atoms. The summed E-state index contributed by atoms with van der Waals surface area (Å²) in [6.07, 6.45) is 1.16. The van der Waals surface area contributed by atoms with Gasteiger partial charge in [-0.3, -0.25) is 19.6 Å². The predicted molar refractivity (Wildman–Crippen MR) is 96.8 cm³/mol. The van der Waals surface area contributed by atoms with Crippen molar-refractivity contribution in [2.24, 2.45) is 16.8 Å². The second-order valence-electron chi connectivity index (χ2n) is 7.49. The molecule has 1 aromatic rings. The van der Waals surface area contributed by atoms with E-state index in [1.54, 1.807) is 9.80 Å². The van der Waals surface area contributed by atoms with Gasteiger partial charge in [-0.05, 0) is 30.4 Å². The Kier molecular flexibility index (Phi) is 3.98. The van der Waals surface area contributed by atoms with Gasteiger partial charge < -0.3 is 4.90 Å². The van der Waals surface area contributed by atoms with E-state index in [1.807, 2.05) is 29.2 Å². The Morgan fingerprint density at radius 2 is 1.92 bits per heavy atom. The lowest BCUT2D eigenvalue weighted by molar-refractivity contribution is -0.132. The Hall–Kier alpha value is -2.37. The lowest BCUT2D eigenvalue weighted by atomic mass is 9.92. The zero-order valence-electron chi connectivity index (χ0n) is 14.8. The Labute approximate surface area is 148 Å². The molecule has 6 heteroatoms. The van der Waals surface area contributed by atoms with Gasteiger partial charge in [-0.25, -0.2) is 4.79 Å². The third-order valence-electron chi connectivity index (χ3n) is 5.25. The maximum absolute atomic E-state index is 12.9. The molecule has 6 nitrogen and oxygen atoms in total. The number of benzene rings is 1. The summed E-state index contributed by atoms with van der Waals surface area (Å²) in [5, 5.41) is 0. The number of aliphatic imine (C=N–C) groups is 1. The molecule has 0 radical (unpaired) electrons. The highest BCUT2D eigenvalue weighted by molar-refractivity contribution is 6.20. The van der Waals surface area contributed by atoms with Crippen LogP contribution in [0.4, 0.5) is 10.5 Å². The van der Waals surface area contributed by atoms with Crippen LogP contribution >= 0.6 is 0 Å². The standard InChI is InChI=1S/C19H24N4O2/c1-13-9-14(2)11-21(10-13)17(24)12-23-16-6-4-3-5-15(16)18-20-7-8-22(18)19(23)25/h3-6,13-14H,7-12H2,1-2H3/t13-,14-/m0/s1. The van der Waals surface area contributed by atoms with Gasteiger partial charge in [0, 0.05) is 25.2 Å². The van der Waals surface area contributed by atoms with E-state index in [-0.39, 0.29) is 18.5 Å². The summed E-state index contributed by atoms with van der Waals surface area (Å²) in [6.45, 7) is 7.24. The van der Waals surface area contributed by atoms with E-state index in [2.05, 4.69) is 18.8 Å². The zero-order chi connectivity index (χ0) is 17.6. The van der Waals surface area contributed by atoms with E-state index in [0.29, 0.717) is 24.9 Å². The summed E-state index contributed by atoms with van der Waals surface area (Å²) in [5.74, 6) is 1.79. The van der Waals surface area contributed by atoms with Crippen molar-refractivity contribution in [3.05, 3.63) is 29.8 Å². The van der Waals surface area contributed by atoms with Crippen molar-refractivity contribution in [3.63, 3.8) is 0 Å². The number of nitrogens with zero attached hydrogens (tertiary/aromatic N) is 4. The van der Waals surface area contributed by atoms with Crippen LogP contribution in [0, 0.1) is 11.8 Å². The third kappa shape index (κ3) is 2.79. The second-order valence-corrected chi connectivity index (χ2v) is 7.49. The van der Waals surface area contributed by atoms with Gasteiger partial charge in [0.1, 0.15) is 12.4 Å². The molecule has 25 heavy (non-hydrogen) atoms. The fourth-order valence-corrected chi connectivity index (χ4v) is 4.27. The van der Waals surface area contributed by atoms with E-state index in [9.17, 15) is 9.59 Å². The highest BCUT2D eigenvalue weighted by Gasteiger charge is 2.38. The van der Waals surface area contributed by atoms with Crippen LogP contribution < -0.4 is 4.90 Å². The molecular formula is C19H24N4O2. The largest absolute Gasteiger partial charge is 0.341 e. The highest BCUT2D eigenvalue weighted by Crippen LogP contribution is 2.31. The smallest absolute Gasteiger partial charge is 0.330 e. The minimum absolute atomic E-state index is 0.0288. The van der Waals surface area contributed by atoms with Crippen LogP contribution in [0.3, 0.4) is 0 Å². The number of hydrogen-bond acceptors (Lipinski definition) is 3. The lowest BCUT2D eigenvalue weighted by Crippen LogP contribution is -2.54. The van der Waals surface area contributed by atoms with Crippen LogP contribution in [-0.4, -0.2) is 60.3 Å². The van der Waals surface area contributed by atoms with Gasteiger partial charge in [-0.2, -0.15) is 0 Å². The summed E-state index contributed by atoms with van der Waals surface area (Å²) in [5.41, 5.74) is 1.73. The Bertz CT molecular complexity index is 735. The second kappa shape index (κ2) is 6.17. The van der Waals surface area contributed by atoms with Crippen LogP contribution in [0.15, 0.2) is 29.3 Å². The third-order valence-corrected chi connectivity index (χ3v) is 5.25. The molecule has 0 aliphatic carbocycles. The molecule has 0 spiro atoms. The molecule has 0 N–H and O–H groups in total. The van der Waals surface area contributed by atoms with Crippen molar-refractivity contribution in [3.8, 4) is 0 Å². The molecule has 3 amide bonds. The average molecular weight is 340 g/mol. The first-order valence-corrected chi connectivity index (χ1v) is 9.05. The molecule has 2 atom stereocenters. The number of anilines is 1. The number of urea groups is 1. The molecule has 1 aromatic carbocycles. The minimum Gasteiger partial charge on any atom is -0.341 e. The van der Waals surface area contributed by atoms with Crippen LogP contribution in [0.2, 0.25) is 0 Å². The summed E-state index contributed by atoms with van der Waals surface area (Å²) in [7, 11) is 0. The SMILES string of the molecule is C[C@H]1C[C@H](C)CN(C(=O)CN2C(=O)N3CCN=C3c3ccccc32)C1. The number of fused-ring (bicyclic) bond motifs is 3. The average Bonchev–Trinajstić information content (AvgIpc) is 3.07. The van der Waals surface area contributed by atoms with Gasteiger partial charge in [0.05, 0.1) is 12.2 Å². The molecule has 1 fully saturated rings. The minimum atomic E-state index is -0.138. The maximum Gasteiger partial charge on any atom is 0.330 e. The van der Waals surface area contributed by atoms with Crippen molar-refractivity contribution in [1.82, 2.24) is 9.80 Å². The number of amides is 3. The first-order chi connectivity index (χ1) is 12.0. The van der Waals surface area contributed by atoms with Crippen molar-refractivity contribution < 1.29 is 9.59 Å². The fraction of sp³-hybridized carbons (Fsp3) is 0.526. The van der Waals surface area contributed by atoms with Crippen molar-refractivity contribution in [2.45, 2.75) is 20.3 Å². The van der Waals surface area contributed by atoms with E-state index >= 15 is 0 Å². The lowest BCUT2D eigenvalue weighted by Gasteiger charge is -2.38. The first-order valence-electron chi connectivity index (χ1n) is 9.05. The maximum atomic E-state index is 12.9. The molecule has 4 rings (SSSR count). The van der Waals surface area contributed by atoms with Crippen molar-refractivity contribution in [1.29, 1.82) is 0 Å². The number of likely N-dealkylation sites (tertiary alicyclic amines) is 1. The Morgan fingerprint density at radius 3 is 2.68 bits per heavy atom. The monoisotopic (exact) mass is 340 g/mol. The van der Waals surface area contributed by atoms with E-state index < -0.39 is 0 Å². The number of amidine groups is 1. The molecule has 132 valence electrons. The number of piperidine rings is 1. The number of hydrogen-bond donors (Lipinski definition) is 0. The van der Waals surface area contributed by atoms with E-state index in [0.717, 1.165) is 36.6 Å². The highest BCUT2D eigenvalue weighted by atomic mass is 16.2. The molecular weight excluding hydrogens is 316 g/mol. The zero-order valence-corrected chi connectivity index (χ0v) is 14.8. The molecule has 3 heterocycles. The molecule has 0 saturated carbocycles. The van der Waals surface area contributed by atoms with E-state index in [4.69, 9.17) is 0 Å². The first kappa shape index (κ1) is 16.1. The molecule has 0 unspecified atom stereocenters. The van der Waals surface area contributed by atoms with E-state index in [1.165, 1.54) is 0 Å². The van der Waals surface area contributed by atoms with Gasteiger partial charge in [-0.1, -0.05) is 26.0 Å². The van der Waals surface area contributed by atoms with Crippen LogP contribution in [-0.2, 0) is 4.79 Å². The van der Waals surface area contributed by atoms with Gasteiger partial charge in [-0.15, -0.1) is 0 Å². The summed E-state index contributed by atoms with van der Waals surface area (Å²) in [6, 6.07) is 7.59. The van der Waals surface area contributed by atoms with Gasteiger partial charge in [0.25, 0.3) is 0 Å². The number of carbonyl (C=O) groups is 2. The van der Waals surface area contributed by atoms with Crippen LogP contribution in [0.25, 0.3) is 0 Å². The van der Waals surface area contributed by atoms with Gasteiger partial charge >= 0.3 is 6.03 Å². The summed E-state index contributed by atoms with van der Waals surface area (Å²) < 4.78 is 0. The molecule has 1 saturated heterocycles. The molecule has 3 aliphatic heterocycles. The topological polar surface area (TPSA) is 56.2 Å². The molecule has 3 aliphatic rings. The van der Waals surface area contributed by atoms with Gasteiger partial charge in [0.15, 0.2) is 0 Å². The quantitative estimate of drug-likeness (QED) is 0.829.